The Morgan fingerprint density at radius 3 is 2.57 bits per heavy atom. The average Bonchev–Trinajstić information content (AvgIpc) is 2.49. The number of pyridine rings is 1. The monoisotopic (exact) mass is 287 g/mol. The van der Waals surface area contributed by atoms with Gasteiger partial charge in [-0.15, -0.1) is 0 Å². The first-order chi connectivity index (χ1) is 10.1. The van der Waals surface area contributed by atoms with Crippen LogP contribution in [0.5, 0.6) is 11.6 Å². The molecule has 0 atom stereocenters. The van der Waals surface area contributed by atoms with E-state index < -0.39 is 4.92 Å². The van der Waals surface area contributed by atoms with Crippen LogP contribution in [0.1, 0.15) is 18.9 Å². The summed E-state index contributed by atoms with van der Waals surface area (Å²) >= 11 is 0. The van der Waals surface area contributed by atoms with Gasteiger partial charge >= 0.3 is 0 Å². The molecule has 2 rings (SSSR count). The van der Waals surface area contributed by atoms with Crippen LogP contribution in [0, 0.1) is 10.1 Å². The lowest BCUT2D eigenvalue weighted by Crippen LogP contribution is -1.98. The van der Waals surface area contributed by atoms with Crippen LogP contribution in [0.4, 0.5) is 11.5 Å². The fourth-order valence-corrected chi connectivity index (χ4v) is 1.91. The van der Waals surface area contributed by atoms with Crippen molar-refractivity contribution in [2.24, 2.45) is 0 Å². The number of aryl methyl sites for hydroxylation is 1. The molecule has 0 spiro atoms. The number of hydrogen-bond donors (Lipinski definition) is 1. The fraction of sp³-hybridized carbons (Fsp3) is 0.267. The van der Waals surface area contributed by atoms with Gasteiger partial charge in [0.05, 0.1) is 17.1 Å². The molecule has 0 aliphatic rings. The van der Waals surface area contributed by atoms with Gasteiger partial charge in [0.2, 0.25) is 5.88 Å². The number of nitrogens with zero attached hydrogens (tertiary/aromatic N) is 2. The zero-order chi connectivity index (χ0) is 15.2. The molecule has 1 N–H and O–H groups in total. The minimum atomic E-state index is -0.472. The highest BCUT2D eigenvalue weighted by Crippen LogP contribution is 2.26. The fourth-order valence-electron chi connectivity index (χ4n) is 1.91. The second-order valence-corrected chi connectivity index (χ2v) is 4.55. The normalized spacial score (nSPS) is 10.2. The third-order valence-corrected chi connectivity index (χ3v) is 2.94. The quantitative estimate of drug-likeness (QED) is 0.646. The first kappa shape index (κ1) is 14.8. The van der Waals surface area contributed by atoms with E-state index in [4.69, 9.17) is 4.74 Å². The Morgan fingerprint density at radius 2 is 2.00 bits per heavy atom. The van der Waals surface area contributed by atoms with E-state index in [1.165, 1.54) is 17.7 Å². The van der Waals surface area contributed by atoms with Crippen molar-refractivity contribution < 1.29 is 9.66 Å². The van der Waals surface area contributed by atoms with Crippen LogP contribution in [0.2, 0.25) is 0 Å². The minimum Gasteiger partial charge on any atom is -0.439 e. The van der Waals surface area contributed by atoms with Gasteiger partial charge in [-0.1, -0.05) is 25.5 Å². The van der Waals surface area contributed by atoms with Crippen LogP contribution in [-0.4, -0.2) is 17.0 Å². The lowest BCUT2D eigenvalue weighted by Gasteiger charge is -2.07. The van der Waals surface area contributed by atoms with E-state index in [-0.39, 0.29) is 11.6 Å². The largest absolute Gasteiger partial charge is 0.439 e. The van der Waals surface area contributed by atoms with E-state index in [2.05, 4.69) is 17.2 Å². The Kier molecular flexibility index (Phi) is 4.71. The van der Waals surface area contributed by atoms with Crippen LogP contribution in [0.15, 0.2) is 36.4 Å². The van der Waals surface area contributed by atoms with E-state index in [1.54, 1.807) is 7.05 Å². The van der Waals surface area contributed by atoms with Gasteiger partial charge in [0.1, 0.15) is 11.6 Å². The lowest BCUT2D eigenvalue weighted by molar-refractivity contribution is -0.384. The maximum Gasteiger partial charge on any atom is 0.278 e. The van der Waals surface area contributed by atoms with Gasteiger partial charge in [0, 0.05) is 7.05 Å². The Hall–Kier alpha value is -2.63. The maximum absolute atomic E-state index is 10.9. The molecule has 2 aromatic rings. The van der Waals surface area contributed by atoms with Gasteiger partial charge in [0.25, 0.3) is 5.69 Å². The molecule has 0 aliphatic carbocycles. The predicted octanol–water partition coefficient (Wildman–Crippen LogP) is 3.78. The Labute approximate surface area is 122 Å². The highest BCUT2D eigenvalue weighted by atomic mass is 16.6. The summed E-state index contributed by atoms with van der Waals surface area (Å²) in [5.74, 6) is 1.18. The van der Waals surface area contributed by atoms with Crippen LogP contribution < -0.4 is 10.1 Å². The number of aromatic nitrogens is 1. The molecule has 0 bridgehead atoms. The lowest BCUT2D eigenvalue weighted by atomic mass is 10.1. The number of benzene rings is 1. The van der Waals surface area contributed by atoms with Gasteiger partial charge in [0.15, 0.2) is 0 Å². The number of rotatable bonds is 6. The molecule has 0 fully saturated rings. The molecule has 1 aromatic carbocycles. The molecule has 0 saturated heterocycles. The summed E-state index contributed by atoms with van der Waals surface area (Å²) in [5, 5.41) is 13.7. The van der Waals surface area contributed by atoms with Crippen LogP contribution in [0.25, 0.3) is 0 Å². The number of ether oxygens (including phenoxy) is 1. The SMILES string of the molecule is CCCc1ccc(Oc2cc([N+](=O)[O-])cc(NC)n2)cc1. The van der Waals surface area contributed by atoms with Crippen molar-refractivity contribution in [3.8, 4) is 11.6 Å². The summed E-state index contributed by atoms with van der Waals surface area (Å²) in [6.07, 6.45) is 2.09. The van der Waals surface area contributed by atoms with Crippen LogP contribution in [0.3, 0.4) is 0 Å². The second kappa shape index (κ2) is 6.69. The van der Waals surface area contributed by atoms with Gasteiger partial charge in [-0.05, 0) is 24.1 Å². The van der Waals surface area contributed by atoms with Crippen molar-refractivity contribution in [2.75, 3.05) is 12.4 Å². The molecule has 0 aliphatic heterocycles. The summed E-state index contributed by atoms with van der Waals surface area (Å²) in [7, 11) is 1.65. The third kappa shape index (κ3) is 3.92. The molecule has 0 amide bonds. The average molecular weight is 287 g/mol. The van der Waals surface area contributed by atoms with Gasteiger partial charge < -0.3 is 10.1 Å². The molecule has 0 saturated carbocycles. The maximum atomic E-state index is 10.9. The van der Waals surface area contributed by atoms with Crippen molar-refractivity contribution in [1.82, 2.24) is 4.98 Å². The summed E-state index contributed by atoms with van der Waals surface area (Å²) in [4.78, 5) is 14.6. The Bertz CT molecular complexity index is 627. The minimum absolute atomic E-state index is 0.0630. The predicted molar refractivity (Wildman–Crippen MR) is 80.9 cm³/mol. The van der Waals surface area contributed by atoms with Crippen molar-refractivity contribution in [3.63, 3.8) is 0 Å². The summed E-state index contributed by atoms with van der Waals surface area (Å²) in [6.45, 7) is 2.12. The molecule has 21 heavy (non-hydrogen) atoms. The van der Waals surface area contributed by atoms with E-state index >= 15 is 0 Å². The van der Waals surface area contributed by atoms with E-state index in [0.29, 0.717) is 11.6 Å². The first-order valence-electron chi connectivity index (χ1n) is 6.73. The Morgan fingerprint density at radius 1 is 1.29 bits per heavy atom. The van der Waals surface area contributed by atoms with Gasteiger partial charge in [-0.3, -0.25) is 10.1 Å². The third-order valence-electron chi connectivity index (χ3n) is 2.94. The van der Waals surface area contributed by atoms with E-state index in [1.807, 2.05) is 24.3 Å². The van der Waals surface area contributed by atoms with Crippen LogP contribution in [-0.2, 0) is 6.42 Å². The molecular weight excluding hydrogens is 270 g/mol. The van der Waals surface area contributed by atoms with Crippen molar-refractivity contribution in [3.05, 3.63) is 52.1 Å². The standard InChI is InChI=1S/C15H17N3O3/c1-3-4-11-5-7-13(8-6-11)21-15-10-12(18(19)20)9-14(16-2)17-15/h5-10H,3-4H2,1-2H3,(H,16,17). The summed E-state index contributed by atoms with van der Waals surface area (Å²) < 4.78 is 5.59. The molecule has 0 radical (unpaired) electrons. The topological polar surface area (TPSA) is 77.3 Å². The van der Waals surface area contributed by atoms with Gasteiger partial charge in [-0.25, -0.2) is 0 Å². The van der Waals surface area contributed by atoms with Crippen molar-refractivity contribution in [1.29, 1.82) is 0 Å². The van der Waals surface area contributed by atoms with Gasteiger partial charge in [-0.2, -0.15) is 4.98 Å². The zero-order valence-electron chi connectivity index (χ0n) is 12.0. The van der Waals surface area contributed by atoms with Crippen LogP contribution >= 0.6 is 0 Å². The van der Waals surface area contributed by atoms with E-state index in [0.717, 1.165) is 12.8 Å². The number of nitro groups is 1. The summed E-state index contributed by atoms with van der Waals surface area (Å²) in [5.41, 5.74) is 1.17. The smallest absolute Gasteiger partial charge is 0.278 e. The molecular formula is C15H17N3O3. The molecule has 1 heterocycles. The second-order valence-electron chi connectivity index (χ2n) is 4.55. The van der Waals surface area contributed by atoms with E-state index in [9.17, 15) is 10.1 Å². The first-order valence-corrected chi connectivity index (χ1v) is 6.73. The number of anilines is 1. The Balaban J connectivity index is 2.21. The molecule has 0 unspecified atom stereocenters. The molecule has 1 aromatic heterocycles. The number of nitrogens with one attached hydrogen (secondary N) is 1. The molecule has 6 heteroatoms. The number of hydrogen-bond acceptors (Lipinski definition) is 5. The summed E-state index contributed by atoms with van der Waals surface area (Å²) in [6, 6.07) is 10.3. The molecule has 110 valence electrons. The van der Waals surface area contributed by atoms with Crippen molar-refractivity contribution in [2.45, 2.75) is 19.8 Å². The highest BCUT2D eigenvalue weighted by Gasteiger charge is 2.12. The van der Waals surface area contributed by atoms with Crippen molar-refractivity contribution >= 4 is 11.5 Å². The zero-order valence-corrected chi connectivity index (χ0v) is 12.0. The molecule has 6 nitrogen and oxygen atoms in total. The highest BCUT2D eigenvalue weighted by molar-refractivity contribution is 5.48.